The topological polar surface area (TPSA) is 59.5 Å². The standard InChI is InChI=1S/C11H11ClN2O3/c1-17-11(16)8-3-2-4-9(13-8)14-6-7(12)5-10(14)15/h2-4,7H,5-6H2,1H3. The largest absolute Gasteiger partial charge is 0.464 e. The predicted octanol–water partition coefficient (Wildman–Crippen LogP) is 1.21. The Kier molecular flexibility index (Phi) is 3.28. The van der Waals surface area contributed by atoms with E-state index in [2.05, 4.69) is 9.72 Å². The van der Waals surface area contributed by atoms with E-state index in [1.54, 1.807) is 12.1 Å². The van der Waals surface area contributed by atoms with Crippen LogP contribution >= 0.6 is 11.6 Å². The average Bonchev–Trinajstić information content (AvgIpc) is 2.67. The minimum absolute atomic E-state index is 0.0838. The third-order valence-electron chi connectivity index (χ3n) is 2.48. The van der Waals surface area contributed by atoms with Crippen LogP contribution < -0.4 is 4.90 Å². The summed E-state index contributed by atoms with van der Waals surface area (Å²) in [6.07, 6.45) is 0.297. The highest BCUT2D eigenvalue weighted by molar-refractivity contribution is 6.24. The molecule has 2 heterocycles. The summed E-state index contributed by atoms with van der Waals surface area (Å²) in [5, 5.41) is -0.203. The first-order valence-corrected chi connectivity index (χ1v) is 5.55. The third-order valence-corrected chi connectivity index (χ3v) is 2.78. The van der Waals surface area contributed by atoms with E-state index in [4.69, 9.17) is 11.6 Å². The number of aromatic nitrogens is 1. The van der Waals surface area contributed by atoms with E-state index in [0.717, 1.165) is 0 Å². The van der Waals surface area contributed by atoms with E-state index in [0.29, 0.717) is 18.8 Å². The van der Waals surface area contributed by atoms with Gasteiger partial charge in [-0.2, -0.15) is 0 Å². The van der Waals surface area contributed by atoms with Gasteiger partial charge in [0.25, 0.3) is 0 Å². The molecule has 0 aromatic carbocycles. The van der Waals surface area contributed by atoms with Crippen molar-refractivity contribution >= 4 is 29.3 Å². The zero-order chi connectivity index (χ0) is 12.4. The van der Waals surface area contributed by atoms with Crippen molar-refractivity contribution in [2.75, 3.05) is 18.6 Å². The number of amides is 1. The van der Waals surface area contributed by atoms with Crippen molar-refractivity contribution in [3.05, 3.63) is 23.9 Å². The molecule has 1 atom stereocenters. The Morgan fingerprint density at radius 1 is 1.59 bits per heavy atom. The number of pyridine rings is 1. The molecule has 1 amide bonds. The van der Waals surface area contributed by atoms with E-state index in [9.17, 15) is 9.59 Å². The number of nitrogens with zero attached hydrogens (tertiary/aromatic N) is 2. The molecular formula is C11H11ClN2O3. The minimum Gasteiger partial charge on any atom is -0.464 e. The van der Waals surface area contributed by atoms with Gasteiger partial charge in [-0.25, -0.2) is 9.78 Å². The molecule has 90 valence electrons. The number of anilines is 1. The molecule has 6 heteroatoms. The quantitative estimate of drug-likeness (QED) is 0.588. The Bertz CT molecular complexity index is 464. The van der Waals surface area contributed by atoms with Gasteiger partial charge >= 0.3 is 5.97 Å². The second-order valence-corrected chi connectivity index (χ2v) is 4.30. The molecule has 0 aliphatic carbocycles. The number of carbonyl (C=O) groups excluding carboxylic acids is 2. The van der Waals surface area contributed by atoms with Crippen molar-refractivity contribution in [2.24, 2.45) is 0 Å². The first-order chi connectivity index (χ1) is 8.11. The van der Waals surface area contributed by atoms with Gasteiger partial charge in [0.1, 0.15) is 5.82 Å². The maximum absolute atomic E-state index is 11.6. The molecule has 0 N–H and O–H groups in total. The number of carbonyl (C=O) groups is 2. The molecule has 0 spiro atoms. The van der Waals surface area contributed by atoms with Crippen LogP contribution in [0.1, 0.15) is 16.9 Å². The van der Waals surface area contributed by atoms with Gasteiger partial charge in [0, 0.05) is 13.0 Å². The summed E-state index contributed by atoms with van der Waals surface area (Å²) in [5.74, 6) is -0.179. The van der Waals surface area contributed by atoms with Gasteiger partial charge < -0.3 is 4.74 Å². The van der Waals surface area contributed by atoms with Crippen LogP contribution in [-0.2, 0) is 9.53 Å². The maximum Gasteiger partial charge on any atom is 0.356 e. The highest BCUT2D eigenvalue weighted by atomic mass is 35.5. The molecule has 1 aliphatic heterocycles. The predicted molar refractivity (Wildman–Crippen MR) is 62.2 cm³/mol. The molecule has 1 aromatic rings. The molecular weight excluding hydrogens is 244 g/mol. The fourth-order valence-electron chi connectivity index (χ4n) is 1.68. The van der Waals surface area contributed by atoms with E-state index in [-0.39, 0.29) is 17.0 Å². The number of alkyl halides is 1. The minimum atomic E-state index is -0.527. The summed E-state index contributed by atoms with van der Waals surface area (Å²) < 4.78 is 4.57. The zero-order valence-corrected chi connectivity index (χ0v) is 9.98. The van der Waals surface area contributed by atoms with Crippen molar-refractivity contribution in [2.45, 2.75) is 11.8 Å². The summed E-state index contributed by atoms with van der Waals surface area (Å²) >= 11 is 5.90. The normalized spacial score (nSPS) is 19.5. The van der Waals surface area contributed by atoms with Crippen LogP contribution in [0.3, 0.4) is 0 Å². The number of rotatable bonds is 2. The van der Waals surface area contributed by atoms with Crippen LogP contribution in [0.5, 0.6) is 0 Å². The molecule has 0 saturated carbocycles. The lowest BCUT2D eigenvalue weighted by molar-refractivity contribution is -0.117. The summed E-state index contributed by atoms with van der Waals surface area (Å²) in [4.78, 5) is 28.5. The molecule has 17 heavy (non-hydrogen) atoms. The molecule has 1 aromatic heterocycles. The lowest BCUT2D eigenvalue weighted by Crippen LogP contribution is -2.26. The highest BCUT2D eigenvalue weighted by Gasteiger charge is 2.30. The number of halogens is 1. The van der Waals surface area contributed by atoms with Crippen molar-refractivity contribution in [3.8, 4) is 0 Å². The fraction of sp³-hybridized carbons (Fsp3) is 0.364. The Labute approximate surface area is 103 Å². The Morgan fingerprint density at radius 2 is 2.35 bits per heavy atom. The van der Waals surface area contributed by atoms with Crippen LogP contribution in [0, 0.1) is 0 Å². The van der Waals surface area contributed by atoms with E-state index >= 15 is 0 Å². The molecule has 2 rings (SSSR count). The van der Waals surface area contributed by atoms with Crippen LogP contribution in [0.2, 0.25) is 0 Å². The molecule has 1 fully saturated rings. The van der Waals surface area contributed by atoms with Crippen LogP contribution in [0.25, 0.3) is 0 Å². The van der Waals surface area contributed by atoms with Crippen molar-refractivity contribution in [1.29, 1.82) is 0 Å². The van der Waals surface area contributed by atoms with Gasteiger partial charge in [-0.3, -0.25) is 9.69 Å². The first kappa shape index (κ1) is 11.9. The van der Waals surface area contributed by atoms with E-state index in [1.165, 1.54) is 18.1 Å². The number of esters is 1. The molecule has 0 bridgehead atoms. The van der Waals surface area contributed by atoms with Gasteiger partial charge in [-0.1, -0.05) is 6.07 Å². The summed E-state index contributed by atoms with van der Waals surface area (Å²) in [6.45, 7) is 0.415. The average molecular weight is 255 g/mol. The smallest absolute Gasteiger partial charge is 0.356 e. The van der Waals surface area contributed by atoms with Crippen LogP contribution in [-0.4, -0.2) is 35.9 Å². The number of hydrogen-bond acceptors (Lipinski definition) is 4. The van der Waals surface area contributed by atoms with Crippen LogP contribution in [0.4, 0.5) is 5.82 Å². The van der Waals surface area contributed by atoms with Gasteiger partial charge in [0.05, 0.1) is 12.5 Å². The second-order valence-electron chi connectivity index (χ2n) is 3.68. The Balaban J connectivity index is 2.27. The summed E-state index contributed by atoms with van der Waals surface area (Å²) in [6, 6.07) is 4.86. The third kappa shape index (κ3) is 2.39. The van der Waals surface area contributed by atoms with Gasteiger partial charge in [0.15, 0.2) is 5.69 Å². The highest BCUT2D eigenvalue weighted by Crippen LogP contribution is 2.22. The lowest BCUT2D eigenvalue weighted by Gasteiger charge is -2.14. The molecule has 1 saturated heterocycles. The lowest BCUT2D eigenvalue weighted by atomic mass is 10.3. The fourth-order valence-corrected chi connectivity index (χ4v) is 1.95. The van der Waals surface area contributed by atoms with Crippen molar-refractivity contribution < 1.29 is 14.3 Å². The van der Waals surface area contributed by atoms with Crippen LogP contribution in [0.15, 0.2) is 18.2 Å². The molecule has 5 nitrogen and oxygen atoms in total. The SMILES string of the molecule is COC(=O)c1cccc(N2CC(Cl)CC2=O)n1. The van der Waals surface area contributed by atoms with E-state index in [1.807, 2.05) is 0 Å². The molecule has 0 radical (unpaired) electrons. The van der Waals surface area contributed by atoms with Gasteiger partial charge in [-0.15, -0.1) is 11.6 Å². The Morgan fingerprint density at radius 3 is 2.94 bits per heavy atom. The number of hydrogen-bond donors (Lipinski definition) is 0. The maximum atomic E-state index is 11.6. The van der Waals surface area contributed by atoms with Gasteiger partial charge in [-0.05, 0) is 12.1 Å². The Hall–Kier alpha value is -1.62. The monoisotopic (exact) mass is 254 g/mol. The molecule has 1 aliphatic rings. The summed E-state index contributed by atoms with van der Waals surface area (Å²) in [5.41, 5.74) is 0.177. The number of methoxy groups -OCH3 is 1. The zero-order valence-electron chi connectivity index (χ0n) is 9.22. The second kappa shape index (κ2) is 4.71. The first-order valence-electron chi connectivity index (χ1n) is 5.11. The molecule has 1 unspecified atom stereocenters. The van der Waals surface area contributed by atoms with Crippen molar-refractivity contribution in [3.63, 3.8) is 0 Å². The van der Waals surface area contributed by atoms with E-state index < -0.39 is 5.97 Å². The number of ether oxygens (including phenoxy) is 1. The van der Waals surface area contributed by atoms with Gasteiger partial charge in [0.2, 0.25) is 5.91 Å². The summed E-state index contributed by atoms with van der Waals surface area (Å²) in [7, 11) is 1.28. The van der Waals surface area contributed by atoms with Crippen molar-refractivity contribution in [1.82, 2.24) is 4.98 Å².